The van der Waals surface area contributed by atoms with Crippen LogP contribution in [-0.4, -0.2) is 39.4 Å². The van der Waals surface area contributed by atoms with Crippen LogP contribution < -0.4 is 4.74 Å². The van der Waals surface area contributed by atoms with Crippen molar-refractivity contribution in [1.82, 2.24) is 0 Å². The van der Waals surface area contributed by atoms with Gasteiger partial charge in [-0.15, -0.1) is 11.6 Å². The van der Waals surface area contributed by atoms with Gasteiger partial charge in [0.05, 0.1) is 24.7 Å². The summed E-state index contributed by atoms with van der Waals surface area (Å²) in [7, 11) is 0. The smallest absolute Gasteiger partial charge is 0.306 e. The molecule has 1 saturated carbocycles. The molecule has 2 aliphatic carbocycles. The molecule has 0 radical (unpaired) electrons. The van der Waals surface area contributed by atoms with Gasteiger partial charge in [-0.3, -0.25) is 4.79 Å². The minimum absolute atomic E-state index is 0.217. The maximum atomic E-state index is 11.9. The number of aliphatic hydroxyl groups is 2. The lowest BCUT2D eigenvalue weighted by Gasteiger charge is -2.29. The second-order valence-corrected chi connectivity index (χ2v) is 8.75. The maximum absolute atomic E-state index is 11.9. The molecule has 29 heavy (non-hydrogen) atoms. The third-order valence-electron chi connectivity index (χ3n) is 6.40. The number of halogens is 1. The largest absolute Gasteiger partial charge is 0.493 e. The van der Waals surface area contributed by atoms with E-state index in [1.165, 1.54) is 0 Å². The summed E-state index contributed by atoms with van der Waals surface area (Å²) in [6.07, 6.45) is 6.74. The van der Waals surface area contributed by atoms with Crippen molar-refractivity contribution in [3.63, 3.8) is 0 Å². The van der Waals surface area contributed by atoms with Crippen molar-refractivity contribution in [2.75, 3.05) is 6.61 Å². The van der Waals surface area contributed by atoms with Crippen LogP contribution in [0.2, 0.25) is 0 Å². The van der Waals surface area contributed by atoms with E-state index in [0.717, 1.165) is 30.4 Å². The van der Waals surface area contributed by atoms with Crippen molar-refractivity contribution in [2.45, 2.75) is 63.0 Å². The lowest BCUT2D eigenvalue weighted by Crippen LogP contribution is -2.36. The molecule has 0 bridgehead atoms. The van der Waals surface area contributed by atoms with E-state index in [4.69, 9.17) is 16.3 Å². The number of hydrogen-bond donors (Lipinski definition) is 3. The minimum Gasteiger partial charge on any atom is -0.493 e. The van der Waals surface area contributed by atoms with Crippen LogP contribution in [-0.2, 0) is 11.2 Å². The Kier molecular flexibility index (Phi) is 7.60. The molecule has 6 atom stereocenters. The summed E-state index contributed by atoms with van der Waals surface area (Å²) in [4.78, 5) is 11.9. The number of benzene rings is 1. The van der Waals surface area contributed by atoms with E-state index in [9.17, 15) is 20.1 Å². The molecular formula is C23H31ClO5. The molecule has 160 valence electrons. The number of carbonyl (C=O) groups is 1. The molecule has 0 aliphatic heterocycles. The average molecular weight is 423 g/mol. The minimum atomic E-state index is -0.871. The SMILES string of the molecule is CC=CCCC(C(=O)O)C1C(Cl)CC(O)C1COc1cccc2c1CCCC2O. The maximum Gasteiger partial charge on any atom is 0.306 e. The summed E-state index contributed by atoms with van der Waals surface area (Å²) >= 11 is 6.51. The van der Waals surface area contributed by atoms with Gasteiger partial charge >= 0.3 is 5.97 Å². The van der Waals surface area contributed by atoms with Gasteiger partial charge in [-0.05, 0) is 68.6 Å². The number of rotatable bonds is 8. The zero-order valence-electron chi connectivity index (χ0n) is 16.8. The molecule has 3 N–H and O–H groups in total. The van der Waals surface area contributed by atoms with Crippen LogP contribution in [0.15, 0.2) is 30.4 Å². The molecule has 1 aromatic carbocycles. The molecule has 1 fully saturated rings. The van der Waals surface area contributed by atoms with E-state index in [1.54, 1.807) is 0 Å². The van der Waals surface area contributed by atoms with Crippen molar-refractivity contribution >= 4 is 17.6 Å². The van der Waals surface area contributed by atoms with Crippen LogP contribution in [0.4, 0.5) is 0 Å². The average Bonchev–Trinajstić information content (AvgIpc) is 2.96. The Morgan fingerprint density at radius 3 is 2.90 bits per heavy atom. The Morgan fingerprint density at radius 1 is 1.38 bits per heavy atom. The molecular weight excluding hydrogens is 392 g/mol. The highest BCUT2D eigenvalue weighted by Crippen LogP contribution is 2.43. The number of hydrogen-bond acceptors (Lipinski definition) is 4. The first-order valence-corrected chi connectivity index (χ1v) is 11.0. The van der Waals surface area contributed by atoms with Crippen LogP contribution in [0.1, 0.15) is 56.3 Å². The Labute approximate surface area is 177 Å². The van der Waals surface area contributed by atoms with Crippen LogP contribution >= 0.6 is 11.6 Å². The number of fused-ring (bicyclic) bond motifs is 1. The Bertz CT molecular complexity index is 734. The number of carboxylic acids is 1. The number of allylic oxidation sites excluding steroid dienone is 2. The van der Waals surface area contributed by atoms with Gasteiger partial charge in [-0.2, -0.15) is 0 Å². The van der Waals surface area contributed by atoms with E-state index < -0.39 is 29.5 Å². The summed E-state index contributed by atoms with van der Waals surface area (Å²) in [6.45, 7) is 2.13. The molecule has 0 saturated heterocycles. The van der Waals surface area contributed by atoms with Crippen LogP contribution in [0.5, 0.6) is 5.75 Å². The van der Waals surface area contributed by atoms with Crippen LogP contribution in [0.3, 0.4) is 0 Å². The number of ether oxygens (including phenoxy) is 1. The van der Waals surface area contributed by atoms with E-state index in [2.05, 4.69) is 0 Å². The third kappa shape index (κ3) is 4.96. The van der Waals surface area contributed by atoms with Gasteiger partial charge in [0, 0.05) is 11.3 Å². The van der Waals surface area contributed by atoms with E-state index in [-0.39, 0.29) is 18.4 Å². The third-order valence-corrected chi connectivity index (χ3v) is 6.87. The van der Waals surface area contributed by atoms with Crippen molar-refractivity contribution in [2.24, 2.45) is 17.8 Å². The Balaban J connectivity index is 1.76. The van der Waals surface area contributed by atoms with Crippen molar-refractivity contribution < 1.29 is 24.9 Å². The normalized spacial score (nSPS) is 30.3. The molecule has 1 aromatic rings. The number of aliphatic hydroxyl groups excluding tert-OH is 2. The van der Waals surface area contributed by atoms with E-state index >= 15 is 0 Å². The lowest BCUT2D eigenvalue weighted by molar-refractivity contribution is -0.144. The van der Waals surface area contributed by atoms with Crippen LogP contribution in [0, 0.1) is 17.8 Å². The van der Waals surface area contributed by atoms with Gasteiger partial charge in [0.1, 0.15) is 5.75 Å². The summed E-state index contributed by atoms with van der Waals surface area (Å²) < 4.78 is 6.10. The quantitative estimate of drug-likeness (QED) is 0.433. The predicted octanol–water partition coefficient (Wildman–Crippen LogP) is 4.10. The molecule has 0 spiro atoms. The predicted molar refractivity (Wildman–Crippen MR) is 112 cm³/mol. The lowest BCUT2D eigenvalue weighted by atomic mass is 9.80. The van der Waals surface area contributed by atoms with Crippen molar-refractivity contribution in [3.05, 3.63) is 41.5 Å². The first-order valence-electron chi connectivity index (χ1n) is 10.5. The van der Waals surface area contributed by atoms with Gasteiger partial charge in [-0.25, -0.2) is 0 Å². The molecule has 6 heteroatoms. The van der Waals surface area contributed by atoms with Crippen molar-refractivity contribution in [3.8, 4) is 5.75 Å². The second kappa shape index (κ2) is 9.96. The Morgan fingerprint density at radius 2 is 2.17 bits per heavy atom. The summed E-state index contributed by atoms with van der Waals surface area (Å²) in [5.41, 5.74) is 1.92. The fourth-order valence-electron chi connectivity index (χ4n) is 4.89. The highest BCUT2D eigenvalue weighted by molar-refractivity contribution is 6.21. The van der Waals surface area contributed by atoms with E-state index in [0.29, 0.717) is 25.0 Å². The monoisotopic (exact) mass is 422 g/mol. The molecule has 6 unspecified atom stereocenters. The van der Waals surface area contributed by atoms with Gasteiger partial charge in [0.2, 0.25) is 0 Å². The molecule has 0 aromatic heterocycles. The van der Waals surface area contributed by atoms with Crippen LogP contribution in [0.25, 0.3) is 0 Å². The zero-order valence-corrected chi connectivity index (χ0v) is 17.6. The fourth-order valence-corrected chi connectivity index (χ4v) is 5.44. The molecule has 3 rings (SSSR count). The number of alkyl halides is 1. The molecule has 0 amide bonds. The Hall–Kier alpha value is -1.56. The fraction of sp³-hybridized carbons (Fsp3) is 0.609. The number of carboxylic acid groups (broad SMARTS) is 1. The first-order chi connectivity index (χ1) is 13.9. The van der Waals surface area contributed by atoms with Gasteiger partial charge in [0.25, 0.3) is 0 Å². The summed E-state index contributed by atoms with van der Waals surface area (Å²) in [5, 5.41) is 30.2. The van der Waals surface area contributed by atoms with Gasteiger partial charge < -0.3 is 20.1 Å². The van der Waals surface area contributed by atoms with E-state index in [1.807, 2.05) is 37.3 Å². The topological polar surface area (TPSA) is 87.0 Å². The standard InChI is InChI=1S/C23H31ClO5/c1-2-3-4-7-16(23(27)28)22-17(20(26)12-18(22)24)13-29-21-11-6-8-14-15(21)9-5-10-19(14)25/h2-3,6,8,11,16-20,22,25-26H,4-5,7,9-10,12-13H2,1H3,(H,27,28). The molecule has 5 nitrogen and oxygen atoms in total. The van der Waals surface area contributed by atoms with Gasteiger partial charge in [0.15, 0.2) is 0 Å². The summed E-state index contributed by atoms with van der Waals surface area (Å²) in [5.74, 6) is -1.46. The highest BCUT2D eigenvalue weighted by atomic mass is 35.5. The first kappa shape index (κ1) is 22.1. The highest BCUT2D eigenvalue weighted by Gasteiger charge is 2.48. The summed E-state index contributed by atoms with van der Waals surface area (Å²) in [6, 6.07) is 5.68. The van der Waals surface area contributed by atoms with Gasteiger partial charge in [-0.1, -0.05) is 24.3 Å². The van der Waals surface area contributed by atoms with Crippen molar-refractivity contribution in [1.29, 1.82) is 0 Å². The molecule has 2 aliphatic rings. The second-order valence-electron chi connectivity index (χ2n) is 8.19. The number of aliphatic carboxylic acids is 1. The zero-order chi connectivity index (χ0) is 21.0. The molecule has 0 heterocycles.